The van der Waals surface area contributed by atoms with Crippen molar-refractivity contribution >= 4 is 23.8 Å². The van der Waals surface area contributed by atoms with Crippen molar-refractivity contribution in [3.05, 3.63) is 0 Å². The van der Waals surface area contributed by atoms with Crippen molar-refractivity contribution in [3.8, 4) is 0 Å². The summed E-state index contributed by atoms with van der Waals surface area (Å²) in [6.45, 7) is 0.0772. The van der Waals surface area contributed by atoms with Gasteiger partial charge in [-0.1, -0.05) is 0 Å². The Kier molecular flexibility index (Phi) is 8.76. The lowest BCUT2D eigenvalue weighted by atomic mass is 10.2. The number of carbonyl (C=O) groups excluding carboxylic acids is 2. The Hall–Kier alpha value is -2.12. The number of aliphatic carboxylic acids is 2. The van der Waals surface area contributed by atoms with Crippen LogP contribution in [-0.4, -0.2) is 47.2 Å². The van der Waals surface area contributed by atoms with Gasteiger partial charge in [-0.3, -0.25) is 19.2 Å². The van der Waals surface area contributed by atoms with Gasteiger partial charge >= 0.3 is 17.9 Å². The van der Waals surface area contributed by atoms with Gasteiger partial charge in [0, 0.05) is 12.8 Å². The molecule has 108 valence electrons. The largest absolute Gasteiger partial charge is 0.481 e. The monoisotopic (exact) mass is 275 g/mol. The summed E-state index contributed by atoms with van der Waals surface area (Å²) in [6.07, 6.45) is -0.224. The van der Waals surface area contributed by atoms with Gasteiger partial charge in [-0.2, -0.15) is 0 Å². The lowest BCUT2D eigenvalue weighted by molar-refractivity contribution is -0.147. The van der Waals surface area contributed by atoms with E-state index in [-0.39, 0.29) is 51.2 Å². The van der Waals surface area contributed by atoms with Crippen LogP contribution in [0.4, 0.5) is 0 Å². The summed E-state index contributed by atoms with van der Waals surface area (Å²) < 4.78 is 4.67. The Bertz CT molecular complexity index is 340. The van der Waals surface area contributed by atoms with E-state index in [1.165, 1.54) is 0 Å². The van der Waals surface area contributed by atoms with Crippen LogP contribution in [0, 0.1) is 0 Å². The number of hydrogen-bond acceptors (Lipinski definition) is 5. The molecule has 8 heteroatoms. The van der Waals surface area contributed by atoms with Gasteiger partial charge in [-0.05, 0) is 6.42 Å². The van der Waals surface area contributed by atoms with Crippen molar-refractivity contribution in [2.24, 2.45) is 0 Å². The van der Waals surface area contributed by atoms with Crippen LogP contribution in [-0.2, 0) is 23.9 Å². The fourth-order valence-corrected chi connectivity index (χ4v) is 1.13. The van der Waals surface area contributed by atoms with Crippen LogP contribution in [0.1, 0.15) is 32.1 Å². The van der Waals surface area contributed by atoms with E-state index in [2.05, 4.69) is 10.1 Å². The summed E-state index contributed by atoms with van der Waals surface area (Å²) in [6, 6.07) is 0. The molecular weight excluding hydrogens is 258 g/mol. The van der Waals surface area contributed by atoms with Gasteiger partial charge in [0.25, 0.3) is 0 Å². The van der Waals surface area contributed by atoms with E-state index in [0.29, 0.717) is 0 Å². The molecule has 0 radical (unpaired) electrons. The molecule has 0 saturated carbocycles. The molecule has 19 heavy (non-hydrogen) atoms. The molecule has 0 aromatic heterocycles. The maximum Gasteiger partial charge on any atom is 0.306 e. The maximum atomic E-state index is 11.2. The topological polar surface area (TPSA) is 130 Å². The SMILES string of the molecule is O=C(O)CCCC(=O)NCCOC(=O)CCC(=O)O. The predicted molar refractivity (Wildman–Crippen MR) is 62.3 cm³/mol. The van der Waals surface area contributed by atoms with Gasteiger partial charge in [-0.25, -0.2) is 0 Å². The summed E-state index contributed by atoms with van der Waals surface area (Å²) in [5, 5.41) is 19.1. The Balaban J connectivity index is 3.47. The average molecular weight is 275 g/mol. The van der Waals surface area contributed by atoms with E-state index in [0.717, 1.165) is 0 Å². The summed E-state index contributed by atoms with van der Waals surface area (Å²) in [7, 11) is 0. The zero-order valence-corrected chi connectivity index (χ0v) is 10.4. The highest BCUT2D eigenvalue weighted by Crippen LogP contribution is 1.95. The van der Waals surface area contributed by atoms with Crippen molar-refractivity contribution < 1.29 is 34.1 Å². The molecule has 0 spiro atoms. The molecule has 0 bridgehead atoms. The van der Waals surface area contributed by atoms with Crippen LogP contribution in [0.25, 0.3) is 0 Å². The highest BCUT2D eigenvalue weighted by atomic mass is 16.5. The second-order valence-electron chi connectivity index (χ2n) is 3.71. The van der Waals surface area contributed by atoms with Gasteiger partial charge in [0.15, 0.2) is 0 Å². The zero-order chi connectivity index (χ0) is 14.7. The van der Waals surface area contributed by atoms with Crippen LogP contribution >= 0.6 is 0 Å². The Labute approximate surface area is 109 Å². The average Bonchev–Trinajstić information content (AvgIpc) is 2.31. The van der Waals surface area contributed by atoms with E-state index >= 15 is 0 Å². The minimum absolute atomic E-state index is 0.0386. The fourth-order valence-electron chi connectivity index (χ4n) is 1.13. The lowest BCUT2D eigenvalue weighted by Gasteiger charge is -2.06. The Morgan fingerprint density at radius 1 is 0.895 bits per heavy atom. The summed E-state index contributed by atoms with van der Waals surface area (Å²) in [5.74, 6) is -2.99. The molecule has 0 fully saturated rings. The van der Waals surface area contributed by atoms with E-state index in [9.17, 15) is 19.2 Å². The van der Waals surface area contributed by atoms with E-state index in [1.807, 2.05) is 0 Å². The van der Waals surface area contributed by atoms with Crippen molar-refractivity contribution in [2.75, 3.05) is 13.2 Å². The van der Waals surface area contributed by atoms with Crippen molar-refractivity contribution in [1.29, 1.82) is 0 Å². The predicted octanol–water partition coefficient (Wildman–Crippen LogP) is -0.235. The fraction of sp³-hybridized carbons (Fsp3) is 0.636. The van der Waals surface area contributed by atoms with Crippen LogP contribution < -0.4 is 5.32 Å². The normalized spacial score (nSPS) is 9.68. The summed E-state index contributed by atoms with van der Waals surface area (Å²) in [5.41, 5.74) is 0. The first kappa shape index (κ1) is 16.9. The first-order valence-electron chi connectivity index (χ1n) is 5.77. The molecule has 0 aliphatic heterocycles. The quantitative estimate of drug-likeness (QED) is 0.370. The first-order chi connectivity index (χ1) is 8.91. The lowest BCUT2D eigenvalue weighted by Crippen LogP contribution is -2.28. The van der Waals surface area contributed by atoms with E-state index in [4.69, 9.17) is 10.2 Å². The highest BCUT2D eigenvalue weighted by Gasteiger charge is 2.07. The second-order valence-corrected chi connectivity index (χ2v) is 3.71. The molecule has 0 unspecified atom stereocenters. The minimum atomic E-state index is -1.08. The highest BCUT2D eigenvalue weighted by molar-refractivity contribution is 5.77. The molecule has 8 nitrogen and oxygen atoms in total. The van der Waals surface area contributed by atoms with Gasteiger partial charge in [0.05, 0.1) is 19.4 Å². The van der Waals surface area contributed by atoms with E-state index < -0.39 is 17.9 Å². The van der Waals surface area contributed by atoms with Gasteiger partial charge in [-0.15, -0.1) is 0 Å². The molecule has 3 N–H and O–H groups in total. The molecular formula is C11H17NO7. The second kappa shape index (κ2) is 9.86. The Morgan fingerprint density at radius 3 is 2.11 bits per heavy atom. The molecule has 0 aromatic rings. The standard InChI is InChI=1S/C11H17NO7/c13-8(2-1-3-9(14)15)12-6-7-19-11(18)5-4-10(16)17/h1-7H2,(H,12,13)(H,14,15)(H,16,17). The van der Waals surface area contributed by atoms with Crippen molar-refractivity contribution in [1.82, 2.24) is 5.32 Å². The Morgan fingerprint density at radius 2 is 1.53 bits per heavy atom. The number of ether oxygens (including phenoxy) is 1. The maximum absolute atomic E-state index is 11.2. The van der Waals surface area contributed by atoms with Crippen molar-refractivity contribution in [2.45, 2.75) is 32.1 Å². The number of carbonyl (C=O) groups is 4. The number of carboxylic acids is 2. The van der Waals surface area contributed by atoms with Gasteiger partial charge in [0.1, 0.15) is 6.61 Å². The smallest absolute Gasteiger partial charge is 0.306 e. The van der Waals surface area contributed by atoms with Crippen molar-refractivity contribution in [3.63, 3.8) is 0 Å². The van der Waals surface area contributed by atoms with E-state index in [1.54, 1.807) is 0 Å². The number of nitrogens with one attached hydrogen (secondary N) is 1. The number of hydrogen-bond donors (Lipinski definition) is 3. The number of esters is 1. The van der Waals surface area contributed by atoms with Gasteiger partial charge in [0.2, 0.25) is 5.91 Å². The summed E-state index contributed by atoms with van der Waals surface area (Å²) in [4.78, 5) is 42.5. The van der Waals surface area contributed by atoms with Gasteiger partial charge < -0.3 is 20.3 Å². The number of rotatable bonds is 10. The number of amides is 1. The van der Waals surface area contributed by atoms with Crippen LogP contribution in [0.5, 0.6) is 0 Å². The zero-order valence-electron chi connectivity index (χ0n) is 10.4. The molecule has 0 rings (SSSR count). The molecule has 0 atom stereocenters. The van der Waals surface area contributed by atoms with Crippen LogP contribution in [0.15, 0.2) is 0 Å². The number of carboxylic acid groups (broad SMARTS) is 2. The van der Waals surface area contributed by atoms with Crippen LogP contribution in [0.2, 0.25) is 0 Å². The molecule has 0 aliphatic carbocycles. The molecule has 1 amide bonds. The minimum Gasteiger partial charge on any atom is -0.481 e. The molecule has 0 saturated heterocycles. The first-order valence-corrected chi connectivity index (χ1v) is 5.77. The van der Waals surface area contributed by atoms with Crippen LogP contribution in [0.3, 0.4) is 0 Å². The third-order valence-corrected chi connectivity index (χ3v) is 2.02. The molecule has 0 aromatic carbocycles. The third-order valence-electron chi connectivity index (χ3n) is 2.02. The third kappa shape index (κ3) is 12.1. The summed E-state index contributed by atoms with van der Waals surface area (Å²) >= 11 is 0. The molecule has 0 aliphatic rings. The molecule has 0 heterocycles.